The molecular formula is C47H31NO2. The molecule has 0 saturated carbocycles. The molecule has 50 heavy (non-hydrogen) atoms. The molecule has 0 aliphatic heterocycles. The van der Waals surface area contributed by atoms with Crippen LogP contribution in [0.25, 0.3) is 65.6 Å². The molecule has 8 aromatic carbocycles. The van der Waals surface area contributed by atoms with Crippen LogP contribution in [0.2, 0.25) is 0 Å². The second-order valence-corrected chi connectivity index (χ2v) is 13.0. The van der Waals surface area contributed by atoms with Crippen molar-refractivity contribution in [2.75, 3.05) is 0 Å². The first-order valence-corrected chi connectivity index (χ1v) is 16.8. The number of carbonyl (C=O) groups excluding carboxylic acids is 2. The van der Waals surface area contributed by atoms with Gasteiger partial charge < -0.3 is 4.57 Å². The number of carbonyl (C=O) groups is 2. The van der Waals surface area contributed by atoms with Crippen LogP contribution in [0.15, 0.2) is 170 Å². The highest BCUT2D eigenvalue weighted by Crippen LogP contribution is 2.35. The van der Waals surface area contributed by atoms with Gasteiger partial charge in [-0.15, -0.1) is 0 Å². The number of hydrogen-bond acceptors (Lipinski definition) is 2. The molecule has 9 rings (SSSR count). The lowest BCUT2D eigenvalue weighted by atomic mass is 9.95. The number of fused-ring (bicyclic) bond motifs is 5. The van der Waals surface area contributed by atoms with Gasteiger partial charge in [-0.3, -0.25) is 9.59 Å². The maximum absolute atomic E-state index is 13.6. The van der Waals surface area contributed by atoms with Gasteiger partial charge in [-0.1, -0.05) is 121 Å². The van der Waals surface area contributed by atoms with Crippen LogP contribution in [0.4, 0.5) is 0 Å². The van der Waals surface area contributed by atoms with Crippen LogP contribution >= 0.6 is 0 Å². The van der Waals surface area contributed by atoms with Crippen LogP contribution in [0, 0.1) is 0 Å². The summed E-state index contributed by atoms with van der Waals surface area (Å²) < 4.78 is 2.22. The number of aryl methyl sites for hydroxylation is 1. The number of ketones is 2. The second-order valence-electron chi connectivity index (χ2n) is 13.0. The van der Waals surface area contributed by atoms with Crippen LogP contribution < -0.4 is 0 Å². The Morgan fingerprint density at radius 1 is 0.360 bits per heavy atom. The Labute approximate surface area is 289 Å². The van der Waals surface area contributed by atoms with Gasteiger partial charge in [0.15, 0.2) is 11.6 Å². The summed E-state index contributed by atoms with van der Waals surface area (Å²) in [5, 5.41) is 6.61. The quantitative estimate of drug-likeness (QED) is 0.170. The van der Waals surface area contributed by atoms with E-state index in [4.69, 9.17) is 0 Å². The highest BCUT2D eigenvalue weighted by atomic mass is 16.1. The Kier molecular flexibility index (Phi) is 6.99. The molecule has 0 N–H and O–H groups in total. The van der Waals surface area contributed by atoms with Crippen molar-refractivity contribution in [1.82, 2.24) is 4.57 Å². The van der Waals surface area contributed by atoms with Crippen molar-refractivity contribution in [1.29, 1.82) is 0 Å². The van der Waals surface area contributed by atoms with E-state index in [1.54, 1.807) is 0 Å². The number of nitrogens with zero attached hydrogens (tertiary/aromatic N) is 1. The van der Waals surface area contributed by atoms with Crippen molar-refractivity contribution in [3.05, 3.63) is 192 Å². The van der Waals surface area contributed by atoms with Gasteiger partial charge in [0, 0.05) is 51.1 Å². The molecule has 1 aromatic heterocycles. The van der Waals surface area contributed by atoms with Gasteiger partial charge in [-0.2, -0.15) is 0 Å². The topological polar surface area (TPSA) is 39.1 Å². The third-order valence-corrected chi connectivity index (χ3v) is 9.95. The van der Waals surface area contributed by atoms with E-state index in [0.717, 1.165) is 65.6 Å². The minimum atomic E-state index is 0.00908. The zero-order valence-electron chi connectivity index (χ0n) is 27.4. The Hall–Kier alpha value is -6.58. The van der Waals surface area contributed by atoms with Gasteiger partial charge in [0.1, 0.15) is 0 Å². The molecule has 9 aromatic rings. The molecule has 0 aliphatic rings. The summed E-state index contributed by atoms with van der Waals surface area (Å²) in [5.41, 5.74) is 9.03. The lowest BCUT2D eigenvalue weighted by molar-refractivity contribution is 0.103. The lowest BCUT2D eigenvalue weighted by Gasteiger charge is -2.08. The monoisotopic (exact) mass is 641 g/mol. The molecular weight excluding hydrogens is 611 g/mol. The zero-order valence-corrected chi connectivity index (χ0v) is 27.4. The minimum Gasteiger partial charge on any atom is -0.344 e. The minimum absolute atomic E-state index is 0.00908. The highest BCUT2D eigenvalue weighted by Gasteiger charge is 2.15. The fourth-order valence-electron chi connectivity index (χ4n) is 7.25. The van der Waals surface area contributed by atoms with Crippen molar-refractivity contribution in [3.8, 4) is 22.3 Å². The predicted molar refractivity (Wildman–Crippen MR) is 206 cm³/mol. The van der Waals surface area contributed by atoms with E-state index in [0.29, 0.717) is 22.3 Å². The largest absolute Gasteiger partial charge is 0.344 e. The first-order chi connectivity index (χ1) is 24.5. The summed E-state index contributed by atoms with van der Waals surface area (Å²) in [6.07, 6.45) is 0. The zero-order chi connectivity index (χ0) is 33.8. The third-order valence-electron chi connectivity index (χ3n) is 9.95. The van der Waals surface area contributed by atoms with E-state index < -0.39 is 0 Å². The van der Waals surface area contributed by atoms with Crippen molar-refractivity contribution in [3.63, 3.8) is 0 Å². The summed E-state index contributed by atoms with van der Waals surface area (Å²) in [4.78, 5) is 27.2. The van der Waals surface area contributed by atoms with E-state index >= 15 is 0 Å². The summed E-state index contributed by atoms with van der Waals surface area (Å²) in [6.45, 7) is 0. The number of benzene rings is 8. The molecule has 0 unspecified atom stereocenters. The van der Waals surface area contributed by atoms with Crippen molar-refractivity contribution < 1.29 is 9.59 Å². The van der Waals surface area contributed by atoms with Crippen LogP contribution in [0.3, 0.4) is 0 Å². The van der Waals surface area contributed by atoms with Crippen molar-refractivity contribution in [2.24, 2.45) is 7.05 Å². The molecule has 236 valence electrons. The average Bonchev–Trinajstić information content (AvgIpc) is 3.47. The molecule has 0 amide bonds. The standard InChI is InChI=1S/C47H31NO2/c1-48-44-22-20-36(34-12-6-14-38(26-34)46(49)40-18-16-30-8-2-4-10-32(30)24-40)28-42(44)43-29-37(21-23-45(43)48)35-13-7-15-39(27-35)47(50)41-19-17-31-9-3-5-11-33(31)25-41/h2-29H,1H3. The predicted octanol–water partition coefficient (Wildman–Crippen LogP) is 11.4. The Bertz CT molecular complexity index is 2630. The van der Waals surface area contributed by atoms with Gasteiger partial charge in [0.05, 0.1) is 0 Å². The van der Waals surface area contributed by atoms with Gasteiger partial charge in [-0.25, -0.2) is 0 Å². The van der Waals surface area contributed by atoms with Crippen LogP contribution in [-0.2, 0) is 7.05 Å². The first-order valence-electron chi connectivity index (χ1n) is 16.8. The van der Waals surface area contributed by atoms with Gasteiger partial charge >= 0.3 is 0 Å². The molecule has 0 saturated heterocycles. The summed E-state index contributed by atoms with van der Waals surface area (Å²) in [6, 6.07) is 56.8. The summed E-state index contributed by atoms with van der Waals surface area (Å²) in [5.74, 6) is 0.0182. The molecule has 0 aliphatic carbocycles. The Morgan fingerprint density at radius 3 is 1.22 bits per heavy atom. The molecule has 0 radical (unpaired) electrons. The molecule has 1 heterocycles. The number of rotatable bonds is 6. The van der Waals surface area contributed by atoms with Crippen LogP contribution in [0.1, 0.15) is 31.8 Å². The normalized spacial score (nSPS) is 11.5. The Morgan fingerprint density at radius 2 is 0.760 bits per heavy atom. The van der Waals surface area contributed by atoms with E-state index in [1.165, 1.54) is 0 Å². The second kappa shape index (κ2) is 11.8. The van der Waals surface area contributed by atoms with E-state index in [2.05, 4.69) is 72.3 Å². The van der Waals surface area contributed by atoms with Gasteiger partial charge in [-0.05, 0) is 92.3 Å². The molecule has 0 spiro atoms. The maximum Gasteiger partial charge on any atom is 0.193 e. The number of hydrogen-bond donors (Lipinski definition) is 0. The van der Waals surface area contributed by atoms with E-state index in [1.807, 2.05) is 109 Å². The highest BCUT2D eigenvalue weighted by molar-refractivity contribution is 6.13. The molecule has 0 fully saturated rings. The molecule has 3 heteroatoms. The van der Waals surface area contributed by atoms with Crippen molar-refractivity contribution in [2.45, 2.75) is 0 Å². The maximum atomic E-state index is 13.6. The fourth-order valence-corrected chi connectivity index (χ4v) is 7.25. The van der Waals surface area contributed by atoms with Crippen LogP contribution in [-0.4, -0.2) is 16.1 Å². The smallest absolute Gasteiger partial charge is 0.193 e. The lowest BCUT2D eigenvalue weighted by Crippen LogP contribution is -2.01. The summed E-state index contributed by atoms with van der Waals surface area (Å²) in [7, 11) is 2.09. The Balaban J connectivity index is 1.07. The van der Waals surface area contributed by atoms with E-state index in [9.17, 15) is 9.59 Å². The molecule has 3 nitrogen and oxygen atoms in total. The van der Waals surface area contributed by atoms with Gasteiger partial charge in [0.2, 0.25) is 0 Å². The summed E-state index contributed by atoms with van der Waals surface area (Å²) >= 11 is 0. The average molecular weight is 642 g/mol. The molecule has 0 atom stereocenters. The van der Waals surface area contributed by atoms with Crippen LogP contribution in [0.5, 0.6) is 0 Å². The fraction of sp³-hybridized carbons (Fsp3) is 0.0213. The number of aromatic nitrogens is 1. The first kappa shape index (κ1) is 29.6. The van der Waals surface area contributed by atoms with Crippen molar-refractivity contribution >= 4 is 54.9 Å². The SMILES string of the molecule is Cn1c2ccc(-c3cccc(C(=O)c4ccc5ccccc5c4)c3)cc2c2cc(-c3cccc(C(=O)c4ccc5ccccc5c4)c3)ccc21. The third kappa shape index (κ3) is 5.08. The van der Waals surface area contributed by atoms with E-state index in [-0.39, 0.29) is 11.6 Å². The van der Waals surface area contributed by atoms with Gasteiger partial charge in [0.25, 0.3) is 0 Å². The molecule has 0 bridgehead atoms.